The van der Waals surface area contributed by atoms with E-state index < -0.39 is 6.09 Å². The third kappa shape index (κ3) is 4.35. The van der Waals surface area contributed by atoms with Crippen LogP contribution in [0.4, 0.5) is 9.80 Å². The molecule has 1 aromatic heterocycles. The molecule has 1 saturated heterocycles. The first kappa shape index (κ1) is 19.1. The van der Waals surface area contributed by atoms with E-state index in [-0.39, 0.29) is 5.79 Å². The Morgan fingerprint density at radius 3 is 2.60 bits per heavy atom. The van der Waals surface area contributed by atoms with Crippen molar-refractivity contribution in [3.8, 4) is 0 Å². The minimum absolute atomic E-state index is 0.352. The summed E-state index contributed by atoms with van der Waals surface area (Å²) in [6.45, 7) is 5.65. The lowest BCUT2D eigenvalue weighted by molar-refractivity contribution is -0.178. The second-order valence-corrected chi connectivity index (χ2v) is 8.74. The monoisotopic (exact) mass is 478 g/mol. The fraction of sp³-hybridized carbons (Fsp3) is 0.647. The minimum atomic E-state index is -0.944. The molecule has 1 aliphatic carbocycles. The number of hydrogen-bond donors (Lipinski definition) is 1. The Morgan fingerprint density at radius 2 is 2.04 bits per heavy atom. The van der Waals surface area contributed by atoms with Gasteiger partial charge in [0.25, 0.3) is 0 Å². The maximum absolute atomic E-state index is 11.7. The lowest BCUT2D eigenvalue weighted by atomic mass is 9.85. The van der Waals surface area contributed by atoms with Gasteiger partial charge in [-0.3, -0.25) is 4.90 Å². The van der Waals surface area contributed by atoms with Crippen LogP contribution in [0.2, 0.25) is 0 Å². The topological polar surface area (TPSA) is 71.9 Å². The standard InChI is InChI=1S/C17H23IN2O4S/c1-11(2)5-8-20(16(21)22)15-13(18)19-14(25-15)12-3-6-17(7-4-12)23-9-10-24-17/h5,12H,3-4,6-10H2,1-2H3,(H,21,22). The second-order valence-electron chi connectivity index (χ2n) is 6.70. The van der Waals surface area contributed by atoms with E-state index >= 15 is 0 Å². The van der Waals surface area contributed by atoms with E-state index in [1.54, 1.807) is 0 Å². The van der Waals surface area contributed by atoms with Gasteiger partial charge in [0.2, 0.25) is 0 Å². The molecule has 2 heterocycles. The molecule has 1 N–H and O–H groups in total. The lowest BCUT2D eigenvalue weighted by Gasteiger charge is -2.34. The molecule has 1 spiro atoms. The second kappa shape index (κ2) is 7.89. The Balaban J connectivity index is 1.73. The smallest absolute Gasteiger partial charge is 0.412 e. The molecule has 0 radical (unpaired) electrons. The van der Waals surface area contributed by atoms with Crippen molar-refractivity contribution in [1.82, 2.24) is 4.98 Å². The predicted molar refractivity (Wildman–Crippen MR) is 105 cm³/mol. The number of nitrogens with zero attached hydrogens (tertiary/aromatic N) is 2. The molecule has 0 atom stereocenters. The first-order valence-electron chi connectivity index (χ1n) is 8.48. The number of anilines is 1. The Kier molecular flexibility index (Phi) is 6.02. The molecule has 1 saturated carbocycles. The molecule has 3 rings (SSSR count). The Bertz CT molecular complexity index is 656. The Labute approximate surface area is 165 Å². The molecule has 0 aromatic carbocycles. The molecule has 2 aliphatic rings. The van der Waals surface area contributed by atoms with Gasteiger partial charge in [0, 0.05) is 25.3 Å². The number of carbonyl (C=O) groups is 1. The van der Waals surface area contributed by atoms with Crippen molar-refractivity contribution >= 4 is 45.0 Å². The summed E-state index contributed by atoms with van der Waals surface area (Å²) in [6, 6.07) is 0. The summed E-state index contributed by atoms with van der Waals surface area (Å²) in [4.78, 5) is 17.7. The third-order valence-corrected chi connectivity index (χ3v) is 7.01. The van der Waals surface area contributed by atoms with Crippen molar-refractivity contribution in [2.24, 2.45) is 0 Å². The zero-order valence-corrected chi connectivity index (χ0v) is 17.4. The number of thiazole rings is 1. The summed E-state index contributed by atoms with van der Waals surface area (Å²) in [6.07, 6.45) is 4.66. The molecule has 1 amide bonds. The fourth-order valence-electron chi connectivity index (χ4n) is 3.26. The highest BCUT2D eigenvalue weighted by Gasteiger charge is 2.41. The van der Waals surface area contributed by atoms with Crippen molar-refractivity contribution < 1.29 is 19.4 Å². The van der Waals surface area contributed by atoms with Gasteiger partial charge in [0.05, 0.1) is 18.2 Å². The summed E-state index contributed by atoms with van der Waals surface area (Å²) in [5, 5.41) is 11.3. The molecular weight excluding hydrogens is 455 g/mol. The molecule has 1 aromatic rings. The minimum Gasteiger partial charge on any atom is -0.465 e. The van der Waals surface area contributed by atoms with Crippen LogP contribution in [0.1, 0.15) is 50.5 Å². The van der Waals surface area contributed by atoms with E-state index in [1.807, 2.05) is 19.9 Å². The quantitative estimate of drug-likeness (QED) is 0.506. The van der Waals surface area contributed by atoms with Gasteiger partial charge in [-0.15, -0.1) is 0 Å². The number of aromatic nitrogens is 1. The van der Waals surface area contributed by atoms with Gasteiger partial charge in [0.1, 0.15) is 8.70 Å². The normalized spacial score (nSPS) is 20.0. The number of allylic oxidation sites excluding steroid dienone is 1. The van der Waals surface area contributed by atoms with E-state index in [0.29, 0.717) is 30.7 Å². The van der Waals surface area contributed by atoms with Crippen molar-refractivity contribution in [3.05, 3.63) is 20.4 Å². The summed E-state index contributed by atoms with van der Waals surface area (Å²) in [5.41, 5.74) is 1.10. The summed E-state index contributed by atoms with van der Waals surface area (Å²) < 4.78 is 12.3. The fourth-order valence-corrected chi connectivity index (χ4v) is 5.44. The highest BCUT2D eigenvalue weighted by Crippen LogP contribution is 2.45. The maximum atomic E-state index is 11.7. The number of halogens is 1. The van der Waals surface area contributed by atoms with Crippen molar-refractivity contribution in [3.63, 3.8) is 0 Å². The van der Waals surface area contributed by atoms with Gasteiger partial charge in [-0.05, 0) is 49.3 Å². The van der Waals surface area contributed by atoms with Crippen LogP contribution in [0, 0.1) is 3.70 Å². The van der Waals surface area contributed by atoms with Gasteiger partial charge in [-0.1, -0.05) is 23.0 Å². The molecule has 0 unspecified atom stereocenters. The first-order valence-corrected chi connectivity index (χ1v) is 10.4. The first-order chi connectivity index (χ1) is 11.9. The zero-order valence-electron chi connectivity index (χ0n) is 14.5. The van der Waals surface area contributed by atoms with Crippen LogP contribution >= 0.6 is 33.9 Å². The number of ether oxygens (including phenoxy) is 2. The van der Waals surface area contributed by atoms with Crippen LogP contribution < -0.4 is 4.90 Å². The highest BCUT2D eigenvalue weighted by molar-refractivity contribution is 14.1. The molecule has 6 nitrogen and oxygen atoms in total. The van der Waals surface area contributed by atoms with Crippen LogP contribution in [0.25, 0.3) is 0 Å². The van der Waals surface area contributed by atoms with Crippen LogP contribution in [0.3, 0.4) is 0 Å². The number of carboxylic acid groups (broad SMARTS) is 1. The van der Waals surface area contributed by atoms with Crippen molar-refractivity contribution in [1.29, 1.82) is 0 Å². The lowest BCUT2D eigenvalue weighted by Crippen LogP contribution is -2.34. The molecule has 1 aliphatic heterocycles. The SMILES string of the molecule is CC(C)=CCN(C(=O)O)c1sc(C2CCC3(CC2)OCCO3)nc1I. The molecule has 0 bridgehead atoms. The predicted octanol–water partition coefficient (Wildman–Crippen LogP) is 4.60. The number of amides is 1. The van der Waals surface area contributed by atoms with Crippen LogP contribution in [-0.2, 0) is 9.47 Å². The van der Waals surface area contributed by atoms with Crippen molar-refractivity contribution in [2.45, 2.75) is 51.2 Å². The van der Waals surface area contributed by atoms with E-state index in [4.69, 9.17) is 9.47 Å². The average Bonchev–Trinajstić information content (AvgIpc) is 3.16. The summed E-state index contributed by atoms with van der Waals surface area (Å²) >= 11 is 3.64. The van der Waals surface area contributed by atoms with Gasteiger partial charge in [0.15, 0.2) is 5.79 Å². The molecular formula is C17H23IN2O4S. The molecule has 138 valence electrons. The van der Waals surface area contributed by atoms with Crippen LogP contribution in [0.15, 0.2) is 11.6 Å². The van der Waals surface area contributed by atoms with Crippen molar-refractivity contribution in [2.75, 3.05) is 24.7 Å². The van der Waals surface area contributed by atoms with Crippen LogP contribution in [-0.4, -0.2) is 41.7 Å². The molecule has 25 heavy (non-hydrogen) atoms. The van der Waals surface area contributed by atoms with E-state index in [9.17, 15) is 9.90 Å². The third-order valence-electron chi connectivity index (χ3n) is 4.65. The molecule has 8 heteroatoms. The van der Waals surface area contributed by atoms with Crippen LogP contribution in [0.5, 0.6) is 0 Å². The summed E-state index contributed by atoms with van der Waals surface area (Å²) in [7, 11) is 0. The maximum Gasteiger partial charge on any atom is 0.412 e. The Morgan fingerprint density at radius 1 is 1.40 bits per heavy atom. The summed E-state index contributed by atoms with van der Waals surface area (Å²) in [5.74, 6) is -0.0231. The van der Waals surface area contributed by atoms with Gasteiger partial charge < -0.3 is 14.6 Å². The van der Waals surface area contributed by atoms with Gasteiger partial charge in [-0.25, -0.2) is 9.78 Å². The Hall–Kier alpha value is -0.710. The highest BCUT2D eigenvalue weighted by atomic mass is 127. The van der Waals surface area contributed by atoms with Gasteiger partial charge in [-0.2, -0.15) is 0 Å². The number of rotatable bonds is 4. The number of hydrogen-bond acceptors (Lipinski definition) is 5. The zero-order chi connectivity index (χ0) is 18.0. The van der Waals surface area contributed by atoms with E-state index in [2.05, 4.69) is 27.6 Å². The van der Waals surface area contributed by atoms with Gasteiger partial charge >= 0.3 is 6.09 Å². The molecule has 2 fully saturated rings. The largest absolute Gasteiger partial charge is 0.465 e. The average molecular weight is 478 g/mol. The van der Waals surface area contributed by atoms with E-state index in [0.717, 1.165) is 40.0 Å². The van der Waals surface area contributed by atoms with E-state index in [1.165, 1.54) is 16.2 Å².